The molecule has 1 saturated heterocycles. The fourth-order valence-corrected chi connectivity index (χ4v) is 3.19. The third-order valence-corrected chi connectivity index (χ3v) is 4.21. The first-order chi connectivity index (χ1) is 9.85. The van der Waals surface area contributed by atoms with Crippen molar-refractivity contribution in [3.05, 3.63) is 42.1 Å². The van der Waals surface area contributed by atoms with Gasteiger partial charge in [-0.05, 0) is 55.5 Å². The van der Waals surface area contributed by atoms with Crippen molar-refractivity contribution in [1.29, 1.82) is 0 Å². The predicted octanol–water partition coefficient (Wildman–Crippen LogP) is 2.83. The van der Waals surface area contributed by atoms with Crippen LogP contribution in [0, 0.1) is 5.92 Å². The Labute approximate surface area is 120 Å². The molecule has 2 aromatic rings. The third kappa shape index (κ3) is 3.17. The molecular formula is C17H22N2O. The molecule has 2 heterocycles. The van der Waals surface area contributed by atoms with Gasteiger partial charge in [-0.25, -0.2) is 0 Å². The summed E-state index contributed by atoms with van der Waals surface area (Å²) in [5.41, 5.74) is 2.42. The largest absolute Gasteiger partial charge is 0.396 e. The summed E-state index contributed by atoms with van der Waals surface area (Å²) in [6, 6.07) is 10.7. The lowest BCUT2D eigenvalue weighted by Crippen LogP contribution is -2.35. The number of hydrogen-bond acceptors (Lipinski definition) is 3. The first-order valence-corrected chi connectivity index (χ1v) is 7.52. The molecule has 0 radical (unpaired) electrons. The van der Waals surface area contributed by atoms with Crippen LogP contribution in [0.1, 0.15) is 24.8 Å². The molecular weight excluding hydrogens is 248 g/mol. The Bertz CT molecular complexity index is 568. The fourth-order valence-electron chi connectivity index (χ4n) is 3.19. The van der Waals surface area contributed by atoms with Gasteiger partial charge >= 0.3 is 0 Å². The number of aliphatic hydroxyl groups excluding tert-OH is 1. The third-order valence-electron chi connectivity index (χ3n) is 4.21. The molecule has 3 heteroatoms. The lowest BCUT2D eigenvalue weighted by Gasteiger charge is -2.32. The van der Waals surface area contributed by atoms with Crippen LogP contribution in [-0.4, -0.2) is 34.7 Å². The lowest BCUT2D eigenvalue weighted by atomic mass is 9.95. The van der Waals surface area contributed by atoms with E-state index in [9.17, 15) is 0 Å². The highest BCUT2D eigenvalue weighted by molar-refractivity contribution is 5.78. The van der Waals surface area contributed by atoms with E-state index < -0.39 is 0 Å². The van der Waals surface area contributed by atoms with Crippen molar-refractivity contribution >= 4 is 10.9 Å². The van der Waals surface area contributed by atoms with Crippen LogP contribution in [0.5, 0.6) is 0 Å². The van der Waals surface area contributed by atoms with Crippen LogP contribution in [0.25, 0.3) is 10.9 Å². The lowest BCUT2D eigenvalue weighted by molar-refractivity contribution is 0.142. The van der Waals surface area contributed by atoms with E-state index in [4.69, 9.17) is 5.11 Å². The zero-order valence-corrected chi connectivity index (χ0v) is 11.8. The summed E-state index contributed by atoms with van der Waals surface area (Å²) in [5, 5.41) is 10.3. The minimum Gasteiger partial charge on any atom is -0.396 e. The zero-order valence-electron chi connectivity index (χ0n) is 11.8. The number of piperidine rings is 1. The maximum absolute atomic E-state index is 9.09. The molecule has 1 fully saturated rings. The molecule has 1 N–H and O–H groups in total. The molecule has 106 valence electrons. The molecule has 0 aliphatic carbocycles. The Morgan fingerprint density at radius 2 is 2.25 bits per heavy atom. The van der Waals surface area contributed by atoms with E-state index in [0.717, 1.165) is 25.0 Å². The molecule has 1 aliphatic heterocycles. The highest BCUT2D eigenvalue weighted by Crippen LogP contribution is 2.22. The van der Waals surface area contributed by atoms with Gasteiger partial charge < -0.3 is 5.11 Å². The Balaban J connectivity index is 1.69. The maximum atomic E-state index is 9.09. The minimum absolute atomic E-state index is 0.320. The van der Waals surface area contributed by atoms with Gasteiger partial charge in [0.25, 0.3) is 0 Å². The van der Waals surface area contributed by atoms with E-state index in [1.165, 1.54) is 30.3 Å². The number of aliphatic hydroxyl groups is 1. The smallest absolute Gasteiger partial charge is 0.0702 e. The van der Waals surface area contributed by atoms with Gasteiger partial charge in [-0.1, -0.05) is 12.1 Å². The first-order valence-electron chi connectivity index (χ1n) is 7.52. The van der Waals surface area contributed by atoms with Gasteiger partial charge in [0.05, 0.1) is 5.52 Å². The molecule has 0 amide bonds. The zero-order chi connectivity index (χ0) is 13.8. The Kier molecular flexibility index (Phi) is 4.28. The van der Waals surface area contributed by atoms with Crippen LogP contribution < -0.4 is 0 Å². The van der Waals surface area contributed by atoms with Crippen molar-refractivity contribution in [3.8, 4) is 0 Å². The van der Waals surface area contributed by atoms with Gasteiger partial charge in [0.1, 0.15) is 0 Å². The molecule has 1 atom stereocenters. The second-order valence-corrected chi connectivity index (χ2v) is 5.79. The molecule has 1 aliphatic rings. The average Bonchev–Trinajstić information content (AvgIpc) is 2.48. The average molecular weight is 270 g/mol. The summed E-state index contributed by atoms with van der Waals surface area (Å²) in [6.07, 6.45) is 5.29. The van der Waals surface area contributed by atoms with Crippen molar-refractivity contribution in [2.45, 2.75) is 25.8 Å². The second-order valence-electron chi connectivity index (χ2n) is 5.79. The van der Waals surface area contributed by atoms with Crippen molar-refractivity contribution in [2.75, 3.05) is 19.7 Å². The van der Waals surface area contributed by atoms with Crippen LogP contribution in [0.4, 0.5) is 0 Å². The van der Waals surface area contributed by atoms with Crippen LogP contribution in [-0.2, 0) is 6.54 Å². The first kappa shape index (κ1) is 13.5. The number of fused-ring (bicyclic) bond motifs is 1. The van der Waals surface area contributed by atoms with Gasteiger partial charge in [0, 0.05) is 31.3 Å². The molecule has 20 heavy (non-hydrogen) atoms. The SMILES string of the molecule is OCCC1CCCN(Cc2ccc3ncccc3c2)C1. The van der Waals surface area contributed by atoms with E-state index >= 15 is 0 Å². The summed E-state index contributed by atoms with van der Waals surface area (Å²) in [5.74, 6) is 0.663. The van der Waals surface area contributed by atoms with Crippen LogP contribution in [0.2, 0.25) is 0 Å². The second kappa shape index (κ2) is 6.33. The van der Waals surface area contributed by atoms with Crippen LogP contribution in [0.15, 0.2) is 36.5 Å². The Hall–Kier alpha value is -1.45. The standard InChI is InChI=1S/C17H22N2O/c20-10-7-14-3-2-9-19(12-14)13-15-5-6-17-16(11-15)4-1-8-18-17/h1,4-6,8,11,14,20H,2-3,7,9-10,12-13H2. The summed E-state index contributed by atoms with van der Waals surface area (Å²) in [6.45, 7) is 3.62. The maximum Gasteiger partial charge on any atom is 0.0702 e. The highest BCUT2D eigenvalue weighted by Gasteiger charge is 2.19. The van der Waals surface area contributed by atoms with Crippen LogP contribution in [0.3, 0.4) is 0 Å². The Morgan fingerprint density at radius 1 is 1.30 bits per heavy atom. The van der Waals surface area contributed by atoms with E-state index in [-0.39, 0.29) is 0 Å². The van der Waals surface area contributed by atoms with E-state index in [0.29, 0.717) is 12.5 Å². The van der Waals surface area contributed by atoms with Gasteiger partial charge in [-0.15, -0.1) is 0 Å². The molecule has 1 unspecified atom stereocenters. The number of pyridine rings is 1. The summed E-state index contributed by atoms with van der Waals surface area (Å²) in [4.78, 5) is 6.88. The molecule has 0 bridgehead atoms. The quantitative estimate of drug-likeness (QED) is 0.928. The molecule has 0 saturated carbocycles. The highest BCUT2D eigenvalue weighted by atomic mass is 16.3. The summed E-state index contributed by atoms with van der Waals surface area (Å²) < 4.78 is 0. The van der Waals surface area contributed by atoms with E-state index in [1.807, 2.05) is 12.3 Å². The molecule has 1 aromatic carbocycles. The van der Waals surface area contributed by atoms with Crippen molar-refractivity contribution in [2.24, 2.45) is 5.92 Å². The van der Waals surface area contributed by atoms with Crippen LogP contribution >= 0.6 is 0 Å². The fraction of sp³-hybridized carbons (Fsp3) is 0.471. The predicted molar refractivity (Wildman–Crippen MR) is 81.4 cm³/mol. The molecule has 3 nitrogen and oxygen atoms in total. The molecule has 1 aromatic heterocycles. The Morgan fingerprint density at radius 3 is 3.15 bits per heavy atom. The van der Waals surface area contributed by atoms with Crippen molar-refractivity contribution in [1.82, 2.24) is 9.88 Å². The normalized spacial score (nSPS) is 20.4. The summed E-state index contributed by atoms with van der Waals surface area (Å²) >= 11 is 0. The number of hydrogen-bond donors (Lipinski definition) is 1. The molecule has 3 rings (SSSR count). The molecule has 0 spiro atoms. The van der Waals surface area contributed by atoms with Crippen molar-refractivity contribution < 1.29 is 5.11 Å². The topological polar surface area (TPSA) is 36.4 Å². The van der Waals surface area contributed by atoms with Gasteiger partial charge in [0.15, 0.2) is 0 Å². The minimum atomic E-state index is 0.320. The summed E-state index contributed by atoms with van der Waals surface area (Å²) in [7, 11) is 0. The number of aromatic nitrogens is 1. The number of rotatable bonds is 4. The van der Waals surface area contributed by atoms with Gasteiger partial charge in [0.2, 0.25) is 0 Å². The number of likely N-dealkylation sites (tertiary alicyclic amines) is 1. The van der Waals surface area contributed by atoms with Crippen molar-refractivity contribution in [3.63, 3.8) is 0 Å². The monoisotopic (exact) mass is 270 g/mol. The van der Waals surface area contributed by atoms with Gasteiger partial charge in [-0.3, -0.25) is 9.88 Å². The van der Waals surface area contributed by atoms with E-state index in [1.54, 1.807) is 0 Å². The number of benzene rings is 1. The van der Waals surface area contributed by atoms with E-state index in [2.05, 4.69) is 34.1 Å². The van der Waals surface area contributed by atoms with Gasteiger partial charge in [-0.2, -0.15) is 0 Å². The number of nitrogens with zero attached hydrogens (tertiary/aromatic N) is 2.